The summed E-state index contributed by atoms with van der Waals surface area (Å²) in [5.74, 6) is 1.02. The second-order valence-corrected chi connectivity index (χ2v) is 5.59. The molecule has 9 heteroatoms. The summed E-state index contributed by atoms with van der Waals surface area (Å²) in [5.41, 5.74) is 1.95. The predicted octanol–water partition coefficient (Wildman–Crippen LogP) is 2.68. The van der Waals surface area contributed by atoms with E-state index in [-0.39, 0.29) is 48.5 Å². The van der Waals surface area contributed by atoms with E-state index < -0.39 is 0 Å². The number of aromatic nitrogens is 3. The van der Waals surface area contributed by atoms with Crippen LogP contribution in [0.15, 0.2) is 29.6 Å². The van der Waals surface area contributed by atoms with Gasteiger partial charge in [-0.2, -0.15) is 27.5 Å². The summed E-state index contributed by atoms with van der Waals surface area (Å²) >= 11 is 2.97. The predicted molar refractivity (Wildman–Crippen MR) is 97.7 cm³/mol. The molecule has 0 aromatic carbocycles. The number of rotatable bonds is 7. The van der Waals surface area contributed by atoms with Gasteiger partial charge < -0.3 is 5.48 Å². The number of pyridine rings is 1. The number of thioether (sulfide) groups is 1. The maximum absolute atomic E-state index is 8.46. The van der Waals surface area contributed by atoms with Crippen molar-refractivity contribution in [2.24, 2.45) is 0 Å². The zero-order valence-corrected chi connectivity index (χ0v) is 17.1. The van der Waals surface area contributed by atoms with Crippen LogP contribution < -0.4 is 0 Å². The molecule has 5 nitrogen and oxygen atoms in total. The van der Waals surface area contributed by atoms with Gasteiger partial charge in [-0.25, -0.2) is 0 Å². The molecule has 0 aliphatic heterocycles. The molecule has 0 unspecified atom stereocenters. The van der Waals surface area contributed by atoms with E-state index >= 15 is 0 Å². The van der Waals surface area contributed by atoms with Crippen LogP contribution in [0, 0.1) is 11.3 Å². The van der Waals surface area contributed by atoms with E-state index in [9.17, 15) is 0 Å². The molecule has 1 radical (unpaired) electrons. The Morgan fingerprint density at radius 3 is 2.73 bits per heavy atom. The molecule has 2 aromatic heterocycles. The van der Waals surface area contributed by atoms with Crippen molar-refractivity contribution in [2.45, 2.75) is 30.7 Å². The third kappa shape index (κ3) is 7.92. The first-order chi connectivity index (χ1) is 9.42. The van der Waals surface area contributed by atoms with Crippen LogP contribution >= 0.6 is 37.0 Å². The van der Waals surface area contributed by atoms with E-state index in [1.54, 1.807) is 18.0 Å². The van der Waals surface area contributed by atoms with E-state index in [4.69, 9.17) is 5.26 Å². The molecular formula is C13H18N4NaOS3. The van der Waals surface area contributed by atoms with Gasteiger partial charge in [0, 0.05) is 53.9 Å². The molecule has 2 rings (SSSR count). The molecule has 0 spiro atoms. The second-order valence-electron chi connectivity index (χ2n) is 3.98. The maximum atomic E-state index is 8.46. The van der Waals surface area contributed by atoms with E-state index in [2.05, 4.69) is 19.8 Å². The van der Waals surface area contributed by atoms with Crippen molar-refractivity contribution in [1.82, 2.24) is 13.7 Å². The standard InChI is InChI=1S/C13H14N4S2.Na.H2O.H2S/c14-7-3-1-2-4-9-18-13-12(16-19-17-13)11-6-5-8-15-10-11;;;/h5-6,8,10H,1-4,9H2;;2*1H2. The average molecular weight is 366 g/mol. The minimum Gasteiger partial charge on any atom is -0.412 e. The SMILES string of the molecule is N#CCCCCCSc1nsnc1-c1cccnc1.O.S.[Na]. The summed E-state index contributed by atoms with van der Waals surface area (Å²) in [5, 5.41) is 9.44. The minimum absolute atomic E-state index is 0. The van der Waals surface area contributed by atoms with E-state index in [1.807, 2.05) is 18.3 Å². The van der Waals surface area contributed by atoms with Crippen molar-refractivity contribution in [3.05, 3.63) is 24.5 Å². The summed E-state index contributed by atoms with van der Waals surface area (Å²) < 4.78 is 8.68. The van der Waals surface area contributed by atoms with Crippen LogP contribution in [0.3, 0.4) is 0 Å². The molecule has 2 heterocycles. The van der Waals surface area contributed by atoms with Crippen LogP contribution in [-0.2, 0) is 0 Å². The monoisotopic (exact) mass is 365 g/mol. The Balaban J connectivity index is 0. The third-order valence-corrected chi connectivity index (χ3v) is 4.26. The molecule has 0 aliphatic carbocycles. The molecule has 115 valence electrons. The molecule has 0 fully saturated rings. The van der Waals surface area contributed by atoms with Crippen LogP contribution in [0.25, 0.3) is 11.3 Å². The summed E-state index contributed by atoms with van der Waals surface area (Å²) in [6.07, 6.45) is 7.42. The molecule has 0 bridgehead atoms. The van der Waals surface area contributed by atoms with Crippen LogP contribution in [0.1, 0.15) is 25.7 Å². The minimum atomic E-state index is 0. The Hall–Kier alpha value is -0.140. The molecule has 22 heavy (non-hydrogen) atoms. The van der Waals surface area contributed by atoms with Gasteiger partial charge in [0.15, 0.2) is 0 Å². The van der Waals surface area contributed by atoms with Gasteiger partial charge in [0.1, 0.15) is 10.7 Å². The summed E-state index contributed by atoms with van der Waals surface area (Å²) in [6, 6.07) is 6.08. The zero-order valence-electron chi connectivity index (χ0n) is 12.5. The summed E-state index contributed by atoms with van der Waals surface area (Å²) in [7, 11) is 0. The van der Waals surface area contributed by atoms with Gasteiger partial charge in [-0.05, 0) is 30.7 Å². The molecule has 2 aromatic rings. The van der Waals surface area contributed by atoms with Gasteiger partial charge >= 0.3 is 0 Å². The number of hydrogen-bond donors (Lipinski definition) is 0. The zero-order chi connectivity index (χ0) is 13.3. The van der Waals surface area contributed by atoms with E-state index in [0.717, 1.165) is 41.3 Å². The van der Waals surface area contributed by atoms with Gasteiger partial charge in [0.05, 0.1) is 17.8 Å². The number of unbranched alkanes of at least 4 members (excludes halogenated alkanes) is 3. The Bertz CT molecular complexity index is 548. The Labute approximate surface area is 168 Å². The molecule has 0 saturated heterocycles. The normalized spacial score (nSPS) is 8.86. The quantitative estimate of drug-likeness (QED) is 0.427. The molecule has 0 atom stereocenters. The van der Waals surface area contributed by atoms with Crippen molar-refractivity contribution in [2.75, 3.05) is 5.75 Å². The Morgan fingerprint density at radius 1 is 1.23 bits per heavy atom. The van der Waals surface area contributed by atoms with Gasteiger partial charge in [0.2, 0.25) is 0 Å². The molecule has 0 amide bonds. The third-order valence-electron chi connectivity index (χ3n) is 2.57. The summed E-state index contributed by atoms with van der Waals surface area (Å²) in [6.45, 7) is 0. The molecule has 0 aliphatic rings. The van der Waals surface area contributed by atoms with E-state index in [0.29, 0.717) is 6.42 Å². The van der Waals surface area contributed by atoms with Crippen LogP contribution in [0.2, 0.25) is 0 Å². The Kier molecular flexibility index (Phi) is 15.8. The fraction of sp³-hybridized carbons (Fsp3) is 0.385. The molecule has 2 N–H and O–H groups in total. The number of nitriles is 1. The second kappa shape index (κ2) is 14.5. The van der Waals surface area contributed by atoms with Crippen molar-refractivity contribution in [1.29, 1.82) is 5.26 Å². The van der Waals surface area contributed by atoms with Crippen molar-refractivity contribution in [3.63, 3.8) is 0 Å². The van der Waals surface area contributed by atoms with Gasteiger partial charge in [-0.3, -0.25) is 4.98 Å². The van der Waals surface area contributed by atoms with E-state index in [1.165, 1.54) is 11.7 Å². The van der Waals surface area contributed by atoms with Gasteiger partial charge in [-0.1, -0.05) is 6.42 Å². The fourth-order valence-corrected chi connectivity index (χ4v) is 3.29. The maximum Gasteiger partial charge on any atom is 0.138 e. The van der Waals surface area contributed by atoms with Gasteiger partial charge in [-0.15, -0.1) is 11.8 Å². The van der Waals surface area contributed by atoms with Crippen LogP contribution in [0.4, 0.5) is 0 Å². The molecule has 0 saturated carbocycles. The van der Waals surface area contributed by atoms with Crippen LogP contribution in [-0.4, -0.2) is 54.5 Å². The molecular weight excluding hydrogens is 347 g/mol. The average Bonchev–Trinajstić information content (AvgIpc) is 2.92. The smallest absolute Gasteiger partial charge is 0.138 e. The van der Waals surface area contributed by atoms with Crippen molar-refractivity contribution >= 4 is 66.5 Å². The van der Waals surface area contributed by atoms with Crippen molar-refractivity contribution < 1.29 is 5.48 Å². The first-order valence-electron chi connectivity index (χ1n) is 6.14. The van der Waals surface area contributed by atoms with Gasteiger partial charge in [0.25, 0.3) is 0 Å². The largest absolute Gasteiger partial charge is 0.412 e. The fourth-order valence-electron chi connectivity index (χ4n) is 1.61. The number of hydrogen-bond acceptors (Lipinski definition) is 6. The first kappa shape index (κ1) is 24.1. The Morgan fingerprint density at radius 2 is 2.05 bits per heavy atom. The topological polar surface area (TPSA) is 94.0 Å². The van der Waals surface area contributed by atoms with Crippen molar-refractivity contribution in [3.8, 4) is 17.3 Å². The van der Waals surface area contributed by atoms with Crippen LogP contribution in [0.5, 0.6) is 0 Å². The summed E-state index contributed by atoms with van der Waals surface area (Å²) in [4.78, 5) is 4.11. The number of nitrogens with zero attached hydrogens (tertiary/aromatic N) is 4. The first-order valence-corrected chi connectivity index (χ1v) is 7.86.